The average molecular weight is 437 g/mol. The van der Waals surface area contributed by atoms with Crippen LogP contribution in [-0.2, 0) is 24.4 Å². The predicted molar refractivity (Wildman–Crippen MR) is 105 cm³/mol. The third kappa shape index (κ3) is 4.41. The lowest BCUT2D eigenvalue weighted by atomic mass is 10.2. The van der Waals surface area contributed by atoms with E-state index < -0.39 is 27.9 Å². The van der Waals surface area contributed by atoms with Crippen LogP contribution in [0.5, 0.6) is 0 Å². The molecule has 152 valence electrons. The number of nitrogens with one attached hydrogen (secondary N) is 1. The molecule has 1 atom stereocenters. The number of nitrogens with two attached hydrogens (primary N) is 1. The Labute approximate surface area is 172 Å². The van der Waals surface area contributed by atoms with Gasteiger partial charge in [0.25, 0.3) is 10.0 Å². The number of sulfonamides is 1. The van der Waals surface area contributed by atoms with Gasteiger partial charge in [-0.25, -0.2) is 17.5 Å². The van der Waals surface area contributed by atoms with Crippen molar-refractivity contribution < 1.29 is 28.0 Å². The van der Waals surface area contributed by atoms with E-state index in [1.807, 2.05) is 6.92 Å². The molecule has 10 heteroatoms. The van der Waals surface area contributed by atoms with Crippen LogP contribution in [0.2, 0.25) is 5.02 Å². The van der Waals surface area contributed by atoms with Gasteiger partial charge in [-0.3, -0.25) is 15.4 Å². The molecule has 3 rings (SSSR count). The third-order valence-electron chi connectivity index (χ3n) is 4.43. The number of halogens is 1. The van der Waals surface area contributed by atoms with E-state index in [9.17, 15) is 18.0 Å². The Morgan fingerprint density at radius 1 is 1.17 bits per heavy atom. The van der Waals surface area contributed by atoms with Crippen LogP contribution >= 0.6 is 11.6 Å². The number of benzene rings is 2. The van der Waals surface area contributed by atoms with Gasteiger partial charge in [0.15, 0.2) is 6.04 Å². The summed E-state index contributed by atoms with van der Waals surface area (Å²) in [5.74, 6) is -1.56. The van der Waals surface area contributed by atoms with Crippen molar-refractivity contribution in [3.8, 4) is 0 Å². The van der Waals surface area contributed by atoms with E-state index in [-0.39, 0.29) is 23.6 Å². The number of nitrogen functional groups attached to an aromatic ring is 1. The number of rotatable bonds is 5. The maximum Gasteiger partial charge on any atom is 0.380 e. The molecule has 1 amide bonds. The van der Waals surface area contributed by atoms with Crippen LogP contribution in [0.4, 0.5) is 0 Å². The smallest absolute Gasteiger partial charge is 0.284 e. The van der Waals surface area contributed by atoms with E-state index >= 15 is 0 Å². The largest absolute Gasteiger partial charge is 0.380 e. The summed E-state index contributed by atoms with van der Waals surface area (Å²) in [7, 11) is -4.19. The summed E-state index contributed by atoms with van der Waals surface area (Å²) >= 11 is 5.81. The van der Waals surface area contributed by atoms with Crippen LogP contribution < -0.4 is 10.9 Å². The Morgan fingerprint density at radius 2 is 1.79 bits per heavy atom. The summed E-state index contributed by atoms with van der Waals surface area (Å²) in [6, 6.07) is 11.2. The number of hydrogen-bond acceptors (Lipinski definition) is 5. The molecule has 2 aromatic carbocycles. The molecular weight excluding hydrogens is 418 g/mol. The molecule has 29 heavy (non-hydrogen) atoms. The van der Waals surface area contributed by atoms with E-state index in [4.69, 9.17) is 22.2 Å². The second kappa shape index (κ2) is 8.22. The summed E-state index contributed by atoms with van der Waals surface area (Å²) < 4.78 is 26.4. The van der Waals surface area contributed by atoms with Crippen molar-refractivity contribution in [3.63, 3.8) is 0 Å². The first-order valence-corrected chi connectivity index (χ1v) is 10.5. The van der Waals surface area contributed by atoms with Gasteiger partial charge < -0.3 is 0 Å². The van der Waals surface area contributed by atoms with Gasteiger partial charge >= 0.3 is 11.8 Å². The van der Waals surface area contributed by atoms with Gasteiger partial charge in [-0.05, 0) is 49.7 Å². The molecule has 1 aliphatic rings. The Bertz CT molecular complexity index is 1070. The molecule has 1 saturated heterocycles. The van der Waals surface area contributed by atoms with Gasteiger partial charge in [-0.2, -0.15) is 0 Å². The molecule has 2 aromatic rings. The number of carbonyl (C=O) groups is 2. The minimum atomic E-state index is -4.19. The third-order valence-corrected chi connectivity index (χ3v) is 6.52. The molecule has 0 aliphatic carbocycles. The maximum absolute atomic E-state index is 12.9. The van der Waals surface area contributed by atoms with Crippen molar-refractivity contribution >= 4 is 39.3 Å². The first-order chi connectivity index (χ1) is 13.7. The Balaban J connectivity index is 1.80. The fourth-order valence-corrected chi connectivity index (χ4v) is 4.58. The summed E-state index contributed by atoms with van der Waals surface area (Å²) in [6.45, 7) is 1.81. The average Bonchev–Trinajstić information content (AvgIpc) is 3.09. The number of nitrogens with zero attached hydrogens (tertiary/aromatic N) is 1. The monoisotopic (exact) mass is 436 g/mol. The van der Waals surface area contributed by atoms with Gasteiger partial charge in [-0.1, -0.05) is 34.5 Å². The fourth-order valence-electron chi connectivity index (χ4n) is 2.86. The van der Waals surface area contributed by atoms with Crippen LogP contribution in [-0.4, -0.2) is 36.5 Å². The molecule has 1 aliphatic heterocycles. The van der Waals surface area contributed by atoms with Crippen LogP contribution in [0.25, 0.3) is 0 Å². The zero-order chi connectivity index (χ0) is 21.2. The minimum absolute atomic E-state index is 0.0191. The molecule has 0 spiro atoms. The highest BCUT2D eigenvalue weighted by molar-refractivity contribution is 7.89. The zero-order valence-electron chi connectivity index (χ0n) is 15.5. The van der Waals surface area contributed by atoms with Crippen molar-refractivity contribution in [1.29, 1.82) is 0 Å². The van der Waals surface area contributed by atoms with Crippen molar-refractivity contribution in [3.05, 3.63) is 64.7 Å². The van der Waals surface area contributed by atoms with Crippen LogP contribution in [0, 0.1) is 6.92 Å². The molecule has 0 radical (unpaired) electrons. The first-order valence-electron chi connectivity index (χ1n) is 8.69. The molecule has 3 N–H and O–H groups in total. The van der Waals surface area contributed by atoms with Crippen molar-refractivity contribution in [1.82, 2.24) is 4.31 Å². The highest BCUT2D eigenvalue weighted by atomic mass is 35.5. The number of hydrogen-bond donors (Lipinski definition) is 2. The number of aryl methyl sites for hydroxylation is 1. The number of carbonyl (C=O) groups excluding carboxylic acids is 2. The highest BCUT2D eigenvalue weighted by Crippen LogP contribution is 2.27. The molecule has 1 fully saturated rings. The minimum Gasteiger partial charge on any atom is -0.284 e. The number of amidine groups is 1. The topological polar surface area (TPSA) is 121 Å². The van der Waals surface area contributed by atoms with E-state index in [2.05, 4.69) is 5.16 Å². The van der Waals surface area contributed by atoms with E-state index in [1.165, 1.54) is 12.1 Å². The Kier molecular flexibility index (Phi) is 5.90. The second-order valence-corrected chi connectivity index (χ2v) is 8.76. The Morgan fingerprint density at radius 3 is 2.41 bits per heavy atom. The van der Waals surface area contributed by atoms with Crippen LogP contribution in [0.1, 0.15) is 24.0 Å². The highest BCUT2D eigenvalue weighted by Gasteiger charge is 2.45. The van der Waals surface area contributed by atoms with E-state index in [1.54, 1.807) is 36.4 Å². The van der Waals surface area contributed by atoms with Gasteiger partial charge in [0, 0.05) is 11.4 Å². The second-order valence-electron chi connectivity index (χ2n) is 6.51. The maximum atomic E-state index is 12.9. The predicted octanol–water partition coefficient (Wildman–Crippen LogP) is 0.272. The normalized spacial score (nSPS) is 17.4. The zero-order valence-corrected chi connectivity index (χ0v) is 17.0. The fraction of sp³-hybridized carbons (Fsp3) is 0.211. The number of amides is 1. The molecule has 0 bridgehead atoms. The van der Waals surface area contributed by atoms with Crippen molar-refractivity contribution in [2.45, 2.75) is 30.7 Å². The van der Waals surface area contributed by atoms with Gasteiger partial charge in [0.05, 0.1) is 10.5 Å². The van der Waals surface area contributed by atoms with Gasteiger partial charge in [-0.15, -0.1) is 0 Å². The van der Waals surface area contributed by atoms with Crippen LogP contribution in [0.15, 0.2) is 53.4 Å². The lowest BCUT2D eigenvalue weighted by Gasteiger charge is -2.21. The van der Waals surface area contributed by atoms with Crippen molar-refractivity contribution in [2.24, 2.45) is 5.73 Å². The lowest BCUT2D eigenvalue weighted by Crippen LogP contribution is -2.76. The summed E-state index contributed by atoms with van der Waals surface area (Å²) in [4.78, 5) is 29.6. The lowest BCUT2D eigenvalue weighted by molar-refractivity contribution is -0.724. The Hall–Kier alpha value is -2.91. The van der Waals surface area contributed by atoms with Crippen LogP contribution in [0.3, 0.4) is 0 Å². The van der Waals surface area contributed by atoms with Gasteiger partial charge in [0.1, 0.15) is 0 Å². The molecule has 0 aromatic heterocycles. The summed E-state index contributed by atoms with van der Waals surface area (Å²) in [5, 5.41) is 2.81. The molecule has 1 heterocycles. The SMILES string of the molecule is Cc1ccc(S(=O)(=O)N2C(=O)CC[C@@H]2C(=O)O[NH+]=C(N)c2ccc(Cl)cc2)cc1. The summed E-state index contributed by atoms with van der Waals surface area (Å²) in [5.41, 5.74) is 7.22. The van der Waals surface area contributed by atoms with E-state index in [0.29, 0.717) is 14.9 Å². The molecule has 0 unspecified atom stereocenters. The molecule has 8 nitrogen and oxygen atoms in total. The van der Waals surface area contributed by atoms with Crippen molar-refractivity contribution in [2.75, 3.05) is 0 Å². The van der Waals surface area contributed by atoms with Gasteiger partial charge in [0.2, 0.25) is 5.91 Å². The summed E-state index contributed by atoms with van der Waals surface area (Å²) in [6.07, 6.45) is -0.0630. The molecule has 0 saturated carbocycles. The standard InChI is InChI=1S/C19H18ClN3O5S/c1-12-2-8-15(9-3-12)29(26,27)23-16(10-11-17(23)24)19(25)28-22-18(21)13-4-6-14(20)7-5-13/h2-9,16H,10-11H2,1H3,(H2,21,22)/p+1/t16-/m1/s1. The quantitative estimate of drug-likeness (QED) is 0.300. The first kappa shape index (κ1) is 20.8. The molecular formula is C19H19ClN3O5S+. The van der Waals surface area contributed by atoms with E-state index in [0.717, 1.165) is 5.56 Å².